The Morgan fingerprint density at radius 1 is 1.29 bits per heavy atom. The van der Waals surface area contributed by atoms with Crippen LogP contribution in [0, 0.1) is 0 Å². The van der Waals surface area contributed by atoms with Crippen molar-refractivity contribution in [1.29, 1.82) is 0 Å². The molecule has 0 spiro atoms. The molecule has 0 atom stereocenters. The fourth-order valence-electron chi connectivity index (χ4n) is 0.699. The first-order valence-corrected chi connectivity index (χ1v) is 4.06. The van der Waals surface area contributed by atoms with Crippen molar-refractivity contribution >= 4 is 5.91 Å². The molecule has 0 fully saturated rings. The molecule has 0 heterocycles. The summed E-state index contributed by atoms with van der Waals surface area (Å²) in [6.45, 7) is 2.03. The molecular weight excluding hydrogens is 188 g/mol. The number of rotatable bonds is 7. The van der Waals surface area contributed by atoms with Gasteiger partial charge < -0.3 is 26.4 Å². The van der Waals surface area contributed by atoms with Crippen LogP contribution in [0.2, 0.25) is 0 Å². The Morgan fingerprint density at radius 2 is 1.71 bits per heavy atom. The third-order valence-electron chi connectivity index (χ3n) is 1.93. The summed E-state index contributed by atoms with van der Waals surface area (Å²) in [5.74, 6) is -0.666. The normalized spacial score (nSPS) is 11.4. The molecule has 0 aromatic carbocycles. The Morgan fingerprint density at radius 3 is 2.00 bits per heavy atom. The highest BCUT2D eigenvalue weighted by molar-refractivity contribution is 5.91. The van der Waals surface area contributed by atoms with E-state index in [1.165, 1.54) is 0 Å². The largest absolute Gasteiger partial charge is 0.394 e. The minimum Gasteiger partial charge on any atom is -0.394 e. The van der Waals surface area contributed by atoms with Crippen molar-refractivity contribution in [2.45, 2.75) is 5.54 Å². The van der Waals surface area contributed by atoms with E-state index in [1.54, 1.807) is 0 Å². The molecule has 6 nitrogen and oxygen atoms in total. The van der Waals surface area contributed by atoms with Crippen LogP contribution in [0.4, 0.5) is 0 Å². The topological polar surface area (TPSA) is 116 Å². The average molecular weight is 204 g/mol. The lowest BCUT2D eigenvalue weighted by molar-refractivity contribution is -0.114. The Hall–Kier alpha value is -0.950. The van der Waals surface area contributed by atoms with Crippen LogP contribution in [0.3, 0.4) is 0 Å². The maximum Gasteiger partial charge on any atom is 0.245 e. The summed E-state index contributed by atoms with van der Waals surface area (Å²) >= 11 is 0. The SMILES string of the molecule is C=C(CNC(CO)(CO)CO)C(N)=O. The maximum absolute atomic E-state index is 10.6. The number of primary amides is 1. The highest BCUT2D eigenvalue weighted by atomic mass is 16.3. The molecule has 0 aromatic heterocycles. The van der Waals surface area contributed by atoms with Gasteiger partial charge in [-0.05, 0) is 0 Å². The molecule has 82 valence electrons. The number of carbonyl (C=O) groups excluding carboxylic acids is 1. The molecule has 0 aliphatic carbocycles. The minimum absolute atomic E-state index is 0.0109. The number of amides is 1. The maximum atomic E-state index is 10.6. The molecule has 0 aliphatic rings. The van der Waals surface area contributed by atoms with Gasteiger partial charge in [0.05, 0.1) is 25.4 Å². The molecular formula is C8H16N2O4. The Labute approximate surface area is 82.0 Å². The molecule has 0 aromatic rings. The van der Waals surface area contributed by atoms with Crippen LogP contribution in [-0.2, 0) is 4.79 Å². The smallest absolute Gasteiger partial charge is 0.245 e. The van der Waals surface area contributed by atoms with Crippen molar-refractivity contribution in [2.24, 2.45) is 5.73 Å². The number of aliphatic hydroxyl groups is 3. The molecule has 0 rings (SSSR count). The van der Waals surface area contributed by atoms with Crippen molar-refractivity contribution in [3.8, 4) is 0 Å². The van der Waals surface area contributed by atoms with Crippen molar-refractivity contribution < 1.29 is 20.1 Å². The monoisotopic (exact) mass is 204 g/mol. The third-order valence-corrected chi connectivity index (χ3v) is 1.93. The van der Waals surface area contributed by atoms with E-state index < -0.39 is 31.3 Å². The second-order valence-corrected chi connectivity index (χ2v) is 3.08. The van der Waals surface area contributed by atoms with E-state index in [2.05, 4.69) is 11.9 Å². The fraction of sp³-hybridized carbons (Fsp3) is 0.625. The first-order chi connectivity index (χ1) is 6.51. The van der Waals surface area contributed by atoms with Crippen LogP contribution in [0.15, 0.2) is 12.2 Å². The highest BCUT2D eigenvalue weighted by Gasteiger charge is 2.27. The van der Waals surface area contributed by atoms with Gasteiger partial charge in [0, 0.05) is 12.1 Å². The first-order valence-electron chi connectivity index (χ1n) is 4.06. The summed E-state index contributed by atoms with van der Waals surface area (Å²) in [6, 6.07) is 0. The van der Waals surface area contributed by atoms with Crippen molar-refractivity contribution in [3.05, 3.63) is 12.2 Å². The Bertz CT molecular complexity index is 205. The Balaban J connectivity index is 4.19. The van der Waals surface area contributed by atoms with Crippen LogP contribution in [0.1, 0.15) is 0 Å². The average Bonchev–Trinajstić information content (AvgIpc) is 2.20. The molecule has 6 N–H and O–H groups in total. The van der Waals surface area contributed by atoms with E-state index in [-0.39, 0.29) is 12.1 Å². The third kappa shape index (κ3) is 3.43. The zero-order chi connectivity index (χ0) is 11.2. The fourth-order valence-corrected chi connectivity index (χ4v) is 0.699. The van der Waals surface area contributed by atoms with Crippen LogP contribution < -0.4 is 11.1 Å². The number of hydrogen-bond donors (Lipinski definition) is 5. The molecule has 1 amide bonds. The lowest BCUT2D eigenvalue weighted by Gasteiger charge is -2.28. The molecule has 0 aliphatic heterocycles. The lowest BCUT2D eigenvalue weighted by Crippen LogP contribution is -2.55. The summed E-state index contributed by atoms with van der Waals surface area (Å²) in [6.07, 6.45) is 0. The highest BCUT2D eigenvalue weighted by Crippen LogP contribution is 2.02. The molecule has 0 bridgehead atoms. The standard InChI is InChI=1S/C8H16N2O4/c1-6(7(9)14)2-10-8(3-11,4-12)5-13/h10-13H,1-5H2,(H2,9,14). The van der Waals surface area contributed by atoms with E-state index >= 15 is 0 Å². The van der Waals surface area contributed by atoms with Gasteiger partial charge in [0.1, 0.15) is 0 Å². The number of aliphatic hydroxyl groups excluding tert-OH is 3. The van der Waals surface area contributed by atoms with Crippen molar-refractivity contribution in [1.82, 2.24) is 5.32 Å². The lowest BCUT2D eigenvalue weighted by atomic mass is 10.0. The van der Waals surface area contributed by atoms with E-state index in [9.17, 15) is 4.79 Å². The van der Waals surface area contributed by atoms with E-state index in [1.807, 2.05) is 0 Å². The van der Waals surface area contributed by atoms with Gasteiger partial charge in [-0.25, -0.2) is 0 Å². The Kier molecular flexibility index (Phi) is 5.32. The zero-order valence-corrected chi connectivity index (χ0v) is 7.86. The molecule has 14 heavy (non-hydrogen) atoms. The molecule has 0 radical (unpaired) electrons. The number of nitrogens with two attached hydrogens (primary N) is 1. The van der Waals surface area contributed by atoms with Gasteiger partial charge in [-0.15, -0.1) is 0 Å². The van der Waals surface area contributed by atoms with Crippen LogP contribution in [0.5, 0.6) is 0 Å². The number of carbonyl (C=O) groups is 1. The predicted octanol–water partition coefficient (Wildman–Crippen LogP) is -2.67. The van der Waals surface area contributed by atoms with Crippen molar-refractivity contribution in [3.63, 3.8) is 0 Å². The van der Waals surface area contributed by atoms with Gasteiger partial charge in [0.2, 0.25) is 5.91 Å². The summed E-state index contributed by atoms with van der Waals surface area (Å²) in [4.78, 5) is 10.6. The van der Waals surface area contributed by atoms with Gasteiger partial charge in [-0.3, -0.25) is 4.79 Å². The molecule has 0 unspecified atom stereocenters. The van der Waals surface area contributed by atoms with Gasteiger partial charge in [-0.1, -0.05) is 6.58 Å². The summed E-state index contributed by atoms with van der Waals surface area (Å²) in [5.41, 5.74) is 3.83. The first kappa shape index (κ1) is 13.1. The quantitative estimate of drug-likeness (QED) is 0.290. The van der Waals surface area contributed by atoms with Gasteiger partial charge in [0.15, 0.2) is 0 Å². The summed E-state index contributed by atoms with van der Waals surface area (Å²) in [7, 11) is 0. The van der Waals surface area contributed by atoms with Crippen LogP contribution in [0.25, 0.3) is 0 Å². The molecule has 0 saturated heterocycles. The van der Waals surface area contributed by atoms with E-state index in [4.69, 9.17) is 21.1 Å². The van der Waals surface area contributed by atoms with Crippen LogP contribution >= 0.6 is 0 Å². The zero-order valence-electron chi connectivity index (χ0n) is 7.86. The second-order valence-electron chi connectivity index (χ2n) is 3.08. The molecule has 6 heteroatoms. The summed E-state index contributed by atoms with van der Waals surface area (Å²) < 4.78 is 0. The minimum atomic E-state index is -1.21. The van der Waals surface area contributed by atoms with E-state index in [0.29, 0.717) is 0 Å². The van der Waals surface area contributed by atoms with Crippen LogP contribution in [-0.4, -0.2) is 53.1 Å². The van der Waals surface area contributed by atoms with Gasteiger partial charge >= 0.3 is 0 Å². The summed E-state index contributed by atoms with van der Waals surface area (Å²) in [5, 5.41) is 29.3. The van der Waals surface area contributed by atoms with Gasteiger partial charge in [-0.2, -0.15) is 0 Å². The van der Waals surface area contributed by atoms with Gasteiger partial charge in [0.25, 0.3) is 0 Å². The second kappa shape index (κ2) is 5.71. The number of hydrogen-bond acceptors (Lipinski definition) is 5. The van der Waals surface area contributed by atoms with Crippen molar-refractivity contribution in [2.75, 3.05) is 26.4 Å². The number of nitrogens with one attached hydrogen (secondary N) is 1. The predicted molar refractivity (Wildman–Crippen MR) is 50.3 cm³/mol. The molecule has 0 saturated carbocycles. The van der Waals surface area contributed by atoms with E-state index in [0.717, 1.165) is 0 Å².